The summed E-state index contributed by atoms with van der Waals surface area (Å²) in [6.07, 6.45) is 0.601. The van der Waals surface area contributed by atoms with Crippen LogP contribution < -0.4 is 5.32 Å². The number of anilines is 1. The number of halogens is 2. The average molecular weight is 608 g/mol. The lowest BCUT2D eigenvalue weighted by molar-refractivity contribution is -0.252. The summed E-state index contributed by atoms with van der Waals surface area (Å²) in [7, 11) is 0. The molecule has 0 radical (unpaired) electrons. The summed E-state index contributed by atoms with van der Waals surface area (Å²) in [5.74, 6) is -1.99. The fourth-order valence-electron chi connectivity index (χ4n) is 4.92. The summed E-state index contributed by atoms with van der Waals surface area (Å²) in [6, 6.07) is 18.7. The Morgan fingerprint density at radius 3 is 2.50 bits per heavy atom. The molecule has 4 aromatic rings. The fourth-order valence-corrected chi connectivity index (χ4v) is 5.23. The highest BCUT2D eigenvalue weighted by Crippen LogP contribution is 2.39. The van der Waals surface area contributed by atoms with Crippen molar-refractivity contribution in [1.82, 2.24) is 9.55 Å². The van der Waals surface area contributed by atoms with Gasteiger partial charge in [-0.2, -0.15) is 0 Å². The number of aromatic nitrogens is 2. The molecule has 42 heavy (non-hydrogen) atoms. The molecular weight excluding hydrogens is 585 g/mol. The minimum absolute atomic E-state index is 0.0498. The second kappa shape index (κ2) is 11.7. The molecule has 2 aliphatic heterocycles. The maximum absolute atomic E-state index is 13.0. The van der Waals surface area contributed by atoms with E-state index in [1.54, 1.807) is 29.1 Å². The molecule has 0 bridgehead atoms. The van der Waals surface area contributed by atoms with Crippen LogP contribution >= 0.6 is 23.2 Å². The number of aliphatic hydroxyl groups excluding tert-OH is 1. The van der Waals surface area contributed by atoms with Gasteiger partial charge in [0.1, 0.15) is 5.15 Å². The van der Waals surface area contributed by atoms with Crippen LogP contribution in [0.1, 0.15) is 66.6 Å². The average Bonchev–Trinajstić information content (AvgIpc) is 3.48. The summed E-state index contributed by atoms with van der Waals surface area (Å²) in [4.78, 5) is 40.7. The molecule has 10 nitrogen and oxygen atoms in total. The zero-order chi connectivity index (χ0) is 29.4. The maximum atomic E-state index is 13.0. The van der Waals surface area contributed by atoms with Crippen molar-refractivity contribution in [2.45, 2.75) is 38.1 Å². The van der Waals surface area contributed by atoms with Gasteiger partial charge in [0.25, 0.3) is 5.91 Å². The van der Waals surface area contributed by atoms with Gasteiger partial charge in [0.15, 0.2) is 11.4 Å². The second-order valence-corrected chi connectivity index (χ2v) is 10.6. The Kier molecular flexibility index (Phi) is 7.80. The van der Waals surface area contributed by atoms with Gasteiger partial charge in [-0.15, -0.1) is 0 Å². The number of benzene rings is 3. The number of hydrogen-bond acceptors (Lipinski definition) is 8. The molecule has 214 valence electrons. The van der Waals surface area contributed by atoms with Crippen molar-refractivity contribution in [1.29, 1.82) is 0 Å². The van der Waals surface area contributed by atoms with Crippen LogP contribution in [0.3, 0.4) is 0 Å². The number of esters is 2. The van der Waals surface area contributed by atoms with Gasteiger partial charge in [-0.1, -0.05) is 59.6 Å². The predicted molar refractivity (Wildman–Crippen MR) is 151 cm³/mol. The summed E-state index contributed by atoms with van der Waals surface area (Å²) in [5.41, 5.74) is 3.20. The number of carbonyl (C=O) groups excluding carboxylic acids is 3. The van der Waals surface area contributed by atoms with E-state index in [0.29, 0.717) is 29.4 Å². The molecule has 2 aliphatic rings. The number of aliphatic hydroxyl groups is 1. The van der Waals surface area contributed by atoms with Gasteiger partial charge < -0.3 is 29.2 Å². The molecule has 3 heterocycles. The van der Waals surface area contributed by atoms with Gasteiger partial charge in [-0.3, -0.25) is 4.79 Å². The smallest absolute Gasteiger partial charge is 0.346 e. The van der Waals surface area contributed by atoms with Crippen molar-refractivity contribution >= 4 is 46.7 Å². The number of fused-ring (bicyclic) bond motifs is 1. The highest BCUT2D eigenvalue weighted by atomic mass is 35.5. The minimum atomic E-state index is -0.790. The molecule has 0 aliphatic carbocycles. The third-order valence-electron chi connectivity index (χ3n) is 7.07. The van der Waals surface area contributed by atoms with E-state index in [2.05, 4.69) is 15.0 Å². The molecule has 1 aromatic heterocycles. The third-order valence-corrected chi connectivity index (χ3v) is 7.84. The monoisotopic (exact) mass is 607 g/mol. The third kappa shape index (κ3) is 5.67. The molecule has 12 heteroatoms. The first-order valence-electron chi connectivity index (χ1n) is 13.0. The molecule has 3 aromatic carbocycles. The first-order chi connectivity index (χ1) is 20.3. The summed E-state index contributed by atoms with van der Waals surface area (Å²) >= 11 is 12.4. The topological polar surface area (TPSA) is 129 Å². The number of ether oxygens (including phenoxy) is 3. The van der Waals surface area contributed by atoms with Crippen molar-refractivity contribution in [3.63, 3.8) is 0 Å². The Hall–Kier alpha value is -4.06. The van der Waals surface area contributed by atoms with Crippen LogP contribution in [0.15, 0.2) is 73.1 Å². The van der Waals surface area contributed by atoms with E-state index in [1.807, 2.05) is 30.3 Å². The van der Waals surface area contributed by atoms with E-state index in [0.717, 1.165) is 11.1 Å². The van der Waals surface area contributed by atoms with Crippen LogP contribution in [0, 0.1) is 0 Å². The van der Waals surface area contributed by atoms with Crippen molar-refractivity contribution in [2.24, 2.45) is 0 Å². The first-order valence-corrected chi connectivity index (χ1v) is 13.7. The number of hydrogen-bond donors (Lipinski definition) is 2. The van der Waals surface area contributed by atoms with Crippen LogP contribution in [0.4, 0.5) is 5.69 Å². The van der Waals surface area contributed by atoms with Crippen molar-refractivity contribution < 1.29 is 33.7 Å². The molecule has 1 fully saturated rings. The number of nitrogens with zero attached hydrogens (tertiary/aromatic N) is 2. The van der Waals surface area contributed by atoms with Crippen LogP contribution in [-0.4, -0.2) is 38.6 Å². The van der Waals surface area contributed by atoms with Gasteiger partial charge in [-0.05, 0) is 41.5 Å². The molecule has 1 amide bonds. The lowest BCUT2D eigenvalue weighted by atomic mass is 10.00. The zero-order valence-electron chi connectivity index (χ0n) is 21.8. The van der Waals surface area contributed by atoms with Gasteiger partial charge >= 0.3 is 11.9 Å². The highest BCUT2D eigenvalue weighted by molar-refractivity contribution is 6.40. The number of carbonyl (C=O) groups is 3. The Bertz CT molecular complexity index is 1690. The molecule has 1 unspecified atom stereocenters. The van der Waals surface area contributed by atoms with Crippen LogP contribution in [0.5, 0.6) is 0 Å². The van der Waals surface area contributed by atoms with Gasteiger partial charge in [-0.25, -0.2) is 14.6 Å². The van der Waals surface area contributed by atoms with E-state index in [-0.39, 0.29) is 40.7 Å². The fraction of sp³-hybridized carbons (Fsp3) is 0.200. The zero-order valence-corrected chi connectivity index (χ0v) is 23.3. The molecule has 1 saturated heterocycles. The molecule has 6 rings (SSSR count). The first kappa shape index (κ1) is 28.1. The van der Waals surface area contributed by atoms with Crippen LogP contribution in [0.2, 0.25) is 10.3 Å². The Balaban J connectivity index is 1.24. The number of amides is 1. The molecule has 0 spiro atoms. The van der Waals surface area contributed by atoms with Gasteiger partial charge in [0.05, 0.1) is 42.8 Å². The van der Waals surface area contributed by atoms with E-state index < -0.39 is 24.1 Å². The number of imidazole rings is 1. The second-order valence-electron chi connectivity index (χ2n) is 9.85. The number of nitrogens with one attached hydrogen (secondary N) is 1. The molecular formula is C30H23Cl2N3O7. The normalized spacial score (nSPS) is 19.8. The van der Waals surface area contributed by atoms with E-state index in [1.165, 1.54) is 18.2 Å². The van der Waals surface area contributed by atoms with Gasteiger partial charge in [0, 0.05) is 23.2 Å². The minimum Gasteiger partial charge on any atom is -0.392 e. The molecule has 0 saturated carbocycles. The Labute approximate surface area is 249 Å². The predicted octanol–water partition coefficient (Wildman–Crippen LogP) is 5.49. The van der Waals surface area contributed by atoms with Gasteiger partial charge in [0.2, 0.25) is 0 Å². The number of rotatable bonds is 7. The summed E-state index contributed by atoms with van der Waals surface area (Å²) in [5, 5.41) is 12.8. The van der Waals surface area contributed by atoms with E-state index in [9.17, 15) is 19.5 Å². The summed E-state index contributed by atoms with van der Waals surface area (Å²) in [6.45, 7) is 0.315. The van der Waals surface area contributed by atoms with E-state index in [4.69, 9.17) is 32.7 Å². The highest BCUT2D eigenvalue weighted by Gasteiger charge is 2.33. The number of cyclic esters (lactones) is 2. The Morgan fingerprint density at radius 1 is 0.976 bits per heavy atom. The lowest BCUT2D eigenvalue weighted by Gasteiger charge is -2.36. The largest absolute Gasteiger partial charge is 0.392 e. The molecule has 2 N–H and O–H groups in total. The summed E-state index contributed by atoms with van der Waals surface area (Å²) < 4.78 is 19.0. The van der Waals surface area contributed by atoms with Crippen LogP contribution in [-0.2, 0) is 27.4 Å². The van der Waals surface area contributed by atoms with E-state index >= 15 is 0 Å². The lowest BCUT2D eigenvalue weighted by Crippen LogP contribution is -2.32. The van der Waals surface area contributed by atoms with Crippen molar-refractivity contribution in [3.05, 3.63) is 117 Å². The Morgan fingerprint density at radius 2 is 1.76 bits per heavy atom. The molecule has 3 atom stereocenters. The maximum Gasteiger partial charge on any atom is 0.346 e. The van der Waals surface area contributed by atoms with Crippen molar-refractivity contribution in [3.8, 4) is 0 Å². The van der Waals surface area contributed by atoms with Crippen LogP contribution in [0.25, 0.3) is 0 Å². The SMILES string of the molecule is O=C(Nc1cccc(C2O[C@H](Cn3cnc(Cl)c3Cl)C[C@H](c3ccc(CO)cc3)O2)c1)c1ccc2c(c1)C(=O)OC2=O. The standard InChI is InChI=1S/C30H23Cl2N3O7/c31-25-26(32)35(15-33-25)13-21-12-24(17-6-4-16(14-36)5-7-17)41-30(40-21)19-2-1-3-20(10-19)34-27(37)18-8-9-22-23(11-18)29(39)42-28(22)38/h1-11,15,21,24,30,36H,12-14H2,(H,34,37)/t21-,24+,30?/m0/s1. The quantitative estimate of drug-likeness (QED) is 0.208. The van der Waals surface area contributed by atoms with Crippen molar-refractivity contribution in [2.75, 3.05) is 5.32 Å².